The van der Waals surface area contributed by atoms with Crippen LogP contribution >= 0.6 is 0 Å². The van der Waals surface area contributed by atoms with Crippen molar-refractivity contribution in [3.63, 3.8) is 0 Å². The summed E-state index contributed by atoms with van der Waals surface area (Å²) in [6, 6.07) is 15.8. The Bertz CT molecular complexity index is 646. The number of benzene rings is 2. The summed E-state index contributed by atoms with van der Waals surface area (Å²) in [5.41, 5.74) is 2.48. The summed E-state index contributed by atoms with van der Waals surface area (Å²) < 4.78 is 0. The van der Waals surface area contributed by atoms with Crippen LogP contribution in [0.2, 0.25) is 0 Å². The average Bonchev–Trinajstić information content (AvgIpc) is 2.71. The van der Waals surface area contributed by atoms with Crippen molar-refractivity contribution in [3.8, 4) is 11.5 Å². The first kappa shape index (κ1) is 22.3. The summed E-state index contributed by atoms with van der Waals surface area (Å²) in [5.74, 6) is -0.0966. The van der Waals surface area contributed by atoms with Crippen molar-refractivity contribution in [2.24, 2.45) is 0 Å². The number of phenolic OH excluding ortho intramolecular Hbond substituents is 2. The molecule has 0 unspecified atom stereocenters. The first-order valence-corrected chi connectivity index (χ1v) is 10.7. The van der Waals surface area contributed by atoms with Crippen LogP contribution in [0.1, 0.15) is 49.7 Å². The van der Waals surface area contributed by atoms with Gasteiger partial charge in [-0.1, -0.05) is 49.2 Å². The van der Waals surface area contributed by atoms with Gasteiger partial charge in [0.05, 0.1) is 0 Å². The molecule has 28 heavy (non-hydrogen) atoms. The number of unbranched alkanes of at least 4 members (excludes halogenated alkanes) is 4. The predicted octanol–water partition coefficient (Wildman–Crippen LogP) is 4.40. The van der Waals surface area contributed by atoms with Gasteiger partial charge in [0, 0.05) is 0 Å². The lowest BCUT2D eigenvalue weighted by Gasteiger charge is -2.07. The molecule has 154 valence electrons. The SMILES string of the molecule is Oc1ccc(CCNCCCCCCNCCCCc2ccccc2)cc1O. The molecule has 0 saturated heterocycles. The van der Waals surface area contributed by atoms with Gasteiger partial charge in [0.1, 0.15) is 0 Å². The molecule has 4 nitrogen and oxygen atoms in total. The molecule has 0 amide bonds. The van der Waals surface area contributed by atoms with Crippen LogP contribution in [0.15, 0.2) is 48.5 Å². The second-order valence-electron chi connectivity index (χ2n) is 7.43. The van der Waals surface area contributed by atoms with Gasteiger partial charge in [0.15, 0.2) is 11.5 Å². The second kappa shape index (κ2) is 14.0. The number of hydrogen-bond donors (Lipinski definition) is 4. The summed E-state index contributed by atoms with van der Waals surface area (Å²) in [6.45, 7) is 4.19. The molecule has 4 heteroatoms. The summed E-state index contributed by atoms with van der Waals surface area (Å²) in [4.78, 5) is 0. The Morgan fingerprint density at radius 2 is 1.18 bits per heavy atom. The summed E-state index contributed by atoms with van der Waals surface area (Å²) in [6.07, 6.45) is 9.56. The Kier molecular flexibility index (Phi) is 11.1. The molecule has 2 aromatic carbocycles. The maximum absolute atomic E-state index is 9.48. The fourth-order valence-corrected chi connectivity index (χ4v) is 3.28. The number of hydrogen-bond acceptors (Lipinski definition) is 4. The first-order valence-electron chi connectivity index (χ1n) is 10.7. The normalized spacial score (nSPS) is 11.0. The smallest absolute Gasteiger partial charge is 0.157 e. The van der Waals surface area contributed by atoms with Crippen LogP contribution in [0.5, 0.6) is 11.5 Å². The quantitative estimate of drug-likeness (QED) is 0.271. The molecule has 0 bridgehead atoms. The minimum Gasteiger partial charge on any atom is -0.504 e. The number of nitrogens with one attached hydrogen (secondary N) is 2. The van der Waals surface area contributed by atoms with E-state index in [4.69, 9.17) is 0 Å². The summed E-state index contributed by atoms with van der Waals surface area (Å²) in [7, 11) is 0. The first-order chi connectivity index (χ1) is 13.8. The fourth-order valence-electron chi connectivity index (χ4n) is 3.28. The largest absolute Gasteiger partial charge is 0.504 e. The molecular weight excluding hydrogens is 348 g/mol. The van der Waals surface area contributed by atoms with Crippen LogP contribution in [-0.4, -0.2) is 36.4 Å². The fraction of sp³-hybridized carbons (Fsp3) is 0.500. The molecule has 0 aromatic heterocycles. The van der Waals surface area contributed by atoms with E-state index >= 15 is 0 Å². The lowest BCUT2D eigenvalue weighted by atomic mass is 10.1. The third-order valence-corrected chi connectivity index (χ3v) is 5.00. The van der Waals surface area contributed by atoms with Gasteiger partial charge >= 0.3 is 0 Å². The monoisotopic (exact) mass is 384 g/mol. The van der Waals surface area contributed by atoms with E-state index in [-0.39, 0.29) is 11.5 Å². The van der Waals surface area contributed by atoms with E-state index < -0.39 is 0 Å². The zero-order valence-corrected chi connectivity index (χ0v) is 17.0. The Labute approximate surface area is 170 Å². The standard InChI is InChI=1S/C24H36N2O2/c27-23-14-13-22(20-24(23)28)15-19-26-17-8-2-1-7-16-25-18-9-6-12-21-10-4-3-5-11-21/h3-5,10-11,13-14,20,25-28H,1-2,6-9,12,15-19H2. The van der Waals surface area contributed by atoms with E-state index in [9.17, 15) is 10.2 Å². The lowest BCUT2D eigenvalue weighted by molar-refractivity contribution is 0.403. The van der Waals surface area contributed by atoms with E-state index in [0.29, 0.717) is 0 Å². The van der Waals surface area contributed by atoms with Gasteiger partial charge in [-0.3, -0.25) is 0 Å². The van der Waals surface area contributed by atoms with E-state index in [1.807, 2.05) is 6.07 Å². The van der Waals surface area contributed by atoms with Crippen molar-refractivity contribution in [2.75, 3.05) is 26.2 Å². The molecule has 2 rings (SSSR count). The van der Waals surface area contributed by atoms with Crippen LogP contribution < -0.4 is 10.6 Å². The number of aromatic hydroxyl groups is 2. The minimum absolute atomic E-state index is 0.0395. The molecule has 0 fully saturated rings. The number of phenols is 2. The third kappa shape index (κ3) is 9.77. The van der Waals surface area contributed by atoms with Crippen molar-refractivity contribution in [3.05, 3.63) is 59.7 Å². The van der Waals surface area contributed by atoms with Gasteiger partial charge in [-0.25, -0.2) is 0 Å². The zero-order valence-electron chi connectivity index (χ0n) is 17.0. The van der Waals surface area contributed by atoms with Crippen LogP contribution in [0.25, 0.3) is 0 Å². The number of rotatable bonds is 15. The van der Waals surface area contributed by atoms with Gasteiger partial charge in [-0.05, 0) is 88.0 Å². The Hall–Kier alpha value is -2.04. The maximum atomic E-state index is 9.48. The van der Waals surface area contributed by atoms with Crippen molar-refractivity contribution < 1.29 is 10.2 Å². The van der Waals surface area contributed by atoms with Crippen molar-refractivity contribution in [2.45, 2.75) is 51.4 Å². The third-order valence-electron chi connectivity index (χ3n) is 5.00. The Balaban J connectivity index is 1.32. The topological polar surface area (TPSA) is 64.5 Å². The molecule has 0 saturated carbocycles. The van der Waals surface area contributed by atoms with Gasteiger partial charge in [-0.2, -0.15) is 0 Å². The van der Waals surface area contributed by atoms with Crippen LogP contribution in [0.4, 0.5) is 0 Å². The highest BCUT2D eigenvalue weighted by molar-refractivity contribution is 5.40. The van der Waals surface area contributed by atoms with Gasteiger partial charge in [-0.15, -0.1) is 0 Å². The van der Waals surface area contributed by atoms with Crippen LogP contribution in [0, 0.1) is 0 Å². The maximum Gasteiger partial charge on any atom is 0.157 e. The Morgan fingerprint density at radius 3 is 1.86 bits per heavy atom. The van der Waals surface area contributed by atoms with E-state index in [0.717, 1.165) is 38.2 Å². The summed E-state index contributed by atoms with van der Waals surface area (Å²) >= 11 is 0. The zero-order chi connectivity index (χ0) is 19.9. The van der Waals surface area contributed by atoms with Crippen molar-refractivity contribution >= 4 is 0 Å². The number of aryl methyl sites for hydroxylation is 1. The van der Waals surface area contributed by atoms with Gasteiger partial charge in [0.25, 0.3) is 0 Å². The van der Waals surface area contributed by atoms with E-state index in [1.54, 1.807) is 12.1 Å². The van der Waals surface area contributed by atoms with E-state index in [2.05, 4.69) is 41.0 Å². The molecule has 0 radical (unpaired) electrons. The molecule has 2 aromatic rings. The molecule has 0 heterocycles. The molecule has 0 aliphatic rings. The molecule has 0 aliphatic carbocycles. The predicted molar refractivity (Wildman–Crippen MR) is 117 cm³/mol. The highest BCUT2D eigenvalue weighted by Crippen LogP contribution is 2.24. The van der Waals surface area contributed by atoms with Crippen LogP contribution in [0.3, 0.4) is 0 Å². The highest BCUT2D eigenvalue weighted by atomic mass is 16.3. The second-order valence-corrected chi connectivity index (χ2v) is 7.43. The molecule has 4 N–H and O–H groups in total. The highest BCUT2D eigenvalue weighted by Gasteiger charge is 2.00. The summed E-state index contributed by atoms with van der Waals surface area (Å²) in [5, 5.41) is 25.8. The lowest BCUT2D eigenvalue weighted by Crippen LogP contribution is -2.19. The average molecular weight is 385 g/mol. The van der Waals surface area contributed by atoms with Crippen molar-refractivity contribution in [1.82, 2.24) is 10.6 Å². The molecular formula is C24H36N2O2. The van der Waals surface area contributed by atoms with Gasteiger partial charge < -0.3 is 20.8 Å². The van der Waals surface area contributed by atoms with Crippen LogP contribution in [-0.2, 0) is 12.8 Å². The van der Waals surface area contributed by atoms with Crippen molar-refractivity contribution in [1.29, 1.82) is 0 Å². The molecule has 0 spiro atoms. The minimum atomic E-state index is -0.0571. The molecule has 0 aliphatic heterocycles. The van der Waals surface area contributed by atoms with E-state index in [1.165, 1.54) is 50.5 Å². The van der Waals surface area contributed by atoms with Gasteiger partial charge in [0.2, 0.25) is 0 Å². The molecule has 0 atom stereocenters. The Morgan fingerprint density at radius 1 is 0.536 bits per heavy atom.